The second-order valence-corrected chi connectivity index (χ2v) is 9.32. The molecule has 0 saturated carbocycles. The van der Waals surface area contributed by atoms with Gasteiger partial charge in [0, 0.05) is 52.4 Å². The van der Waals surface area contributed by atoms with Crippen LogP contribution in [0.4, 0.5) is 0 Å². The van der Waals surface area contributed by atoms with Crippen molar-refractivity contribution in [3.05, 3.63) is 0 Å². The lowest BCUT2D eigenvalue weighted by molar-refractivity contribution is 0.147. The van der Waals surface area contributed by atoms with Gasteiger partial charge in [-0.2, -0.15) is 0 Å². The number of rotatable bonds is 7. The van der Waals surface area contributed by atoms with Crippen molar-refractivity contribution in [3.8, 4) is 0 Å². The molecule has 2 heterocycles. The minimum atomic E-state index is -2.79. The number of likely N-dealkylation sites (tertiary alicyclic amines) is 1. The molecule has 0 aromatic rings. The van der Waals surface area contributed by atoms with Gasteiger partial charge in [-0.25, -0.2) is 8.42 Å². The number of guanidine groups is 1. The van der Waals surface area contributed by atoms with Crippen molar-refractivity contribution in [2.24, 2.45) is 4.99 Å². The van der Waals surface area contributed by atoms with Crippen LogP contribution in [0.3, 0.4) is 0 Å². The van der Waals surface area contributed by atoms with Gasteiger partial charge < -0.3 is 10.6 Å². The van der Waals surface area contributed by atoms with E-state index in [0.29, 0.717) is 13.1 Å². The Hall–Kier alpha value is -0.860. The Kier molecular flexibility index (Phi) is 8.45. The van der Waals surface area contributed by atoms with Gasteiger partial charge in [-0.1, -0.05) is 13.3 Å². The first-order valence-corrected chi connectivity index (χ1v) is 11.5. The molecule has 0 amide bonds. The predicted molar refractivity (Wildman–Crippen MR) is 104 cm³/mol. The molecule has 1 atom stereocenters. The van der Waals surface area contributed by atoms with Crippen molar-refractivity contribution in [3.63, 3.8) is 0 Å². The molecule has 8 heteroatoms. The fourth-order valence-electron chi connectivity index (χ4n) is 3.66. The van der Waals surface area contributed by atoms with E-state index in [1.807, 2.05) is 0 Å². The third-order valence-corrected chi connectivity index (χ3v) is 6.90. The Morgan fingerprint density at radius 2 is 1.76 bits per heavy atom. The topological polar surface area (TPSA) is 77.0 Å². The van der Waals surface area contributed by atoms with E-state index < -0.39 is 9.84 Å². The van der Waals surface area contributed by atoms with Crippen LogP contribution in [-0.4, -0.2) is 94.6 Å². The number of piperidine rings is 1. The summed E-state index contributed by atoms with van der Waals surface area (Å²) in [4.78, 5) is 9.07. The molecule has 0 spiro atoms. The molecular weight excluding hydrogens is 338 g/mol. The molecule has 7 nitrogen and oxygen atoms in total. The maximum atomic E-state index is 11.4. The van der Waals surface area contributed by atoms with Crippen LogP contribution in [0, 0.1) is 0 Å². The second kappa shape index (κ2) is 10.3. The summed E-state index contributed by atoms with van der Waals surface area (Å²) in [5.41, 5.74) is 0. The number of aliphatic imine (C=N–C) groups is 1. The first-order valence-electron chi connectivity index (χ1n) is 9.65. The maximum absolute atomic E-state index is 11.4. The number of hydrogen-bond acceptors (Lipinski definition) is 5. The van der Waals surface area contributed by atoms with Gasteiger partial charge in [-0.3, -0.25) is 14.8 Å². The van der Waals surface area contributed by atoms with Crippen molar-refractivity contribution in [1.82, 2.24) is 20.4 Å². The van der Waals surface area contributed by atoms with Crippen LogP contribution in [0.25, 0.3) is 0 Å². The smallest absolute Gasteiger partial charge is 0.191 e. The Bertz CT molecular complexity index is 509. The molecule has 0 bridgehead atoms. The minimum absolute atomic E-state index is 0.286. The van der Waals surface area contributed by atoms with Crippen LogP contribution in [0.1, 0.15) is 32.6 Å². The zero-order chi connectivity index (χ0) is 18.1. The van der Waals surface area contributed by atoms with E-state index in [0.717, 1.165) is 38.2 Å². The Morgan fingerprint density at radius 3 is 2.40 bits per heavy atom. The van der Waals surface area contributed by atoms with Crippen LogP contribution >= 0.6 is 0 Å². The lowest BCUT2D eigenvalue weighted by Crippen LogP contribution is -2.48. The molecule has 0 aromatic carbocycles. The molecule has 2 N–H and O–H groups in total. The highest BCUT2D eigenvalue weighted by Crippen LogP contribution is 2.18. The fraction of sp³-hybridized carbons (Fsp3) is 0.941. The molecule has 25 heavy (non-hydrogen) atoms. The first-order chi connectivity index (χ1) is 12.0. The summed E-state index contributed by atoms with van der Waals surface area (Å²) < 4.78 is 22.9. The van der Waals surface area contributed by atoms with Gasteiger partial charge in [-0.05, 0) is 25.8 Å². The molecule has 2 fully saturated rings. The van der Waals surface area contributed by atoms with E-state index in [9.17, 15) is 8.42 Å². The third-order valence-electron chi connectivity index (χ3n) is 5.29. The lowest BCUT2D eigenvalue weighted by Gasteiger charge is -2.35. The van der Waals surface area contributed by atoms with Crippen LogP contribution in [0.5, 0.6) is 0 Å². The van der Waals surface area contributed by atoms with Gasteiger partial charge in [0.25, 0.3) is 0 Å². The number of hydrogen-bond donors (Lipinski definition) is 2. The quantitative estimate of drug-likeness (QED) is 0.489. The zero-order valence-electron chi connectivity index (χ0n) is 15.8. The molecule has 0 radical (unpaired) electrons. The normalized spacial score (nSPS) is 25.7. The number of nitrogens with one attached hydrogen (secondary N) is 2. The summed E-state index contributed by atoms with van der Waals surface area (Å²) in [7, 11) is -1.00. The highest BCUT2D eigenvalue weighted by Gasteiger charge is 2.21. The molecular formula is C17H35N5O2S. The summed E-state index contributed by atoms with van der Waals surface area (Å²) in [6.45, 7) is 8.36. The lowest BCUT2D eigenvalue weighted by atomic mass is 10.0. The average molecular weight is 374 g/mol. The molecule has 0 aliphatic carbocycles. The van der Waals surface area contributed by atoms with Crippen LogP contribution in [-0.2, 0) is 9.84 Å². The summed E-state index contributed by atoms with van der Waals surface area (Å²) in [6.07, 6.45) is 5.24. The van der Waals surface area contributed by atoms with Crippen molar-refractivity contribution >= 4 is 15.8 Å². The van der Waals surface area contributed by atoms with Crippen LogP contribution < -0.4 is 10.6 Å². The maximum Gasteiger partial charge on any atom is 0.191 e. The van der Waals surface area contributed by atoms with Gasteiger partial charge in [-0.15, -0.1) is 0 Å². The Labute approximate surface area is 153 Å². The van der Waals surface area contributed by atoms with Crippen molar-refractivity contribution in [2.45, 2.75) is 38.6 Å². The van der Waals surface area contributed by atoms with E-state index >= 15 is 0 Å². The van der Waals surface area contributed by atoms with Gasteiger partial charge in [0.05, 0.1) is 11.5 Å². The first kappa shape index (κ1) is 20.5. The SMILES string of the molecule is CCC1CCCCN1CCNC(=NC)NCCN1CCS(=O)(=O)CC1. The standard InChI is InChI=1S/C17H35N5O2S/c1-3-16-6-4-5-9-22(16)11-8-20-17(18-2)19-7-10-21-12-14-25(23,24)15-13-21/h16H,3-15H2,1-2H3,(H2,18,19,20). The largest absolute Gasteiger partial charge is 0.355 e. The monoisotopic (exact) mass is 373 g/mol. The fourth-order valence-corrected chi connectivity index (χ4v) is 4.94. The van der Waals surface area contributed by atoms with E-state index in [2.05, 4.69) is 32.3 Å². The Balaban J connectivity index is 1.60. The molecule has 2 aliphatic heterocycles. The predicted octanol–water partition coefficient (Wildman–Crippen LogP) is 0.146. The minimum Gasteiger partial charge on any atom is -0.355 e. The Morgan fingerprint density at radius 1 is 1.08 bits per heavy atom. The number of nitrogens with zero attached hydrogens (tertiary/aromatic N) is 3. The van der Waals surface area contributed by atoms with Crippen molar-refractivity contribution in [1.29, 1.82) is 0 Å². The molecule has 2 rings (SSSR count). The highest BCUT2D eigenvalue weighted by molar-refractivity contribution is 7.91. The van der Waals surface area contributed by atoms with E-state index in [-0.39, 0.29) is 11.5 Å². The van der Waals surface area contributed by atoms with Gasteiger partial charge in [0.15, 0.2) is 15.8 Å². The van der Waals surface area contributed by atoms with Gasteiger partial charge >= 0.3 is 0 Å². The van der Waals surface area contributed by atoms with Crippen LogP contribution in [0.2, 0.25) is 0 Å². The van der Waals surface area contributed by atoms with E-state index in [1.165, 1.54) is 32.2 Å². The highest BCUT2D eigenvalue weighted by atomic mass is 32.2. The van der Waals surface area contributed by atoms with Gasteiger partial charge in [0.1, 0.15) is 0 Å². The van der Waals surface area contributed by atoms with E-state index in [1.54, 1.807) is 7.05 Å². The summed E-state index contributed by atoms with van der Waals surface area (Å²) in [6, 6.07) is 0.737. The second-order valence-electron chi connectivity index (χ2n) is 7.01. The van der Waals surface area contributed by atoms with Crippen molar-refractivity contribution < 1.29 is 8.42 Å². The zero-order valence-corrected chi connectivity index (χ0v) is 16.7. The third kappa shape index (κ3) is 7.11. The summed E-state index contributed by atoms with van der Waals surface area (Å²) in [5.74, 6) is 1.40. The molecule has 2 aliphatic rings. The van der Waals surface area contributed by atoms with Gasteiger partial charge in [0.2, 0.25) is 0 Å². The van der Waals surface area contributed by atoms with Crippen LogP contribution in [0.15, 0.2) is 4.99 Å². The number of sulfone groups is 1. The van der Waals surface area contributed by atoms with E-state index in [4.69, 9.17) is 0 Å². The average Bonchev–Trinajstić information content (AvgIpc) is 2.62. The molecule has 0 aromatic heterocycles. The molecule has 1 unspecified atom stereocenters. The molecule has 146 valence electrons. The summed E-state index contributed by atoms with van der Waals surface area (Å²) >= 11 is 0. The summed E-state index contributed by atoms with van der Waals surface area (Å²) in [5, 5.41) is 6.72. The molecule has 2 saturated heterocycles. The van der Waals surface area contributed by atoms with Crippen molar-refractivity contribution in [2.75, 3.05) is 64.4 Å².